The highest BCUT2D eigenvalue weighted by Gasteiger charge is 2.18. The van der Waals surface area contributed by atoms with Crippen LogP contribution in [0.4, 0.5) is 4.39 Å². The quantitative estimate of drug-likeness (QED) is 0.542. The van der Waals surface area contributed by atoms with E-state index in [2.05, 4.69) is 20.8 Å². The molecular formula is C9H14FN. The van der Waals surface area contributed by atoms with Gasteiger partial charge in [0, 0.05) is 18.2 Å². The highest BCUT2D eigenvalue weighted by molar-refractivity contribution is 5.16. The zero-order valence-corrected chi connectivity index (χ0v) is 7.48. The number of halogens is 1. The van der Waals surface area contributed by atoms with Gasteiger partial charge in [0.15, 0.2) is 5.95 Å². The topological polar surface area (TPSA) is 4.93 Å². The van der Waals surface area contributed by atoms with Crippen molar-refractivity contribution in [3.05, 3.63) is 23.8 Å². The van der Waals surface area contributed by atoms with Crippen LogP contribution < -0.4 is 0 Å². The molecule has 0 atom stereocenters. The fourth-order valence-electron chi connectivity index (χ4n) is 1.24. The first-order valence-electron chi connectivity index (χ1n) is 3.74. The smallest absolute Gasteiger partial charge is 0.193 e. The predicted octanol–water partition coefficient (Wildman–Crippen LogP) is 2.46. The Morgan fingerprint density at radius 1 is 1.27 bits per heavy atom. The van der Waals surface area contributed by atoms with Crippen molar-refractivity contribution in [3.8, 4) is 0 Å². The molecular weight excluding hydrogens is 141 g/mol. The van der Waals surface area contributed by atoms with Crippen LogP contribution in [0.3, 0.4) is 0 Å². The third-order valence-corrected chi connectivity index (χ3v) is 1.83. The summed E-state index contributed by atoms with van der Waals surface area (Å²) in [6.07, 6.45) is 0. The molecule has 0 aromatic carbocycles. The summed E-state index contributed by atoms with van der Waals surface area (Å²) in [7, 11) is 1.75. The maximum absolute atomic E-state index is 12.8. The Labute approximate surface area is 66.8 Å². The van der Waals surface area contributed by atoms with Crippen LogP contribution in [0.2, 0.25) is 0 Å². The molecule has 0 fully saturated rings. The fraction of sp³-hybridized carbons (Fsp3) is 0.556. The second-order valence-corrected chi connectivity index (χ2v) is 3.85. The van der Waals surface area contributed by atoms with Gasteiger partial charge in [-0.05, 0) is 12.1 Å². The Morgan fingerprint density at radius 3 is 2.00 bits per heavy atom. The largest absolute Gasteiger partial charge is 0.325 e. The molecule has 0 amide bonds. The van der Waals surface area contributed by atoms with E-state index in [1.807, 2.05) is 6.07 Å². The summed E-state index contributed by atoms with van der Waals surface area (Å²) in [5.41, 5.74) is 1.05. The van der Waals surface area contributed by atoms with E-state index in [9.17, 15) is 4.39 Å². The van der Waals surface area contributed by atoms with E-state index in [4.69, 9.17) is 0 Å². The lowest BCUT2D eigenvalue weighted by Crippen LogP contribution is -2.16. The van der Waals surface area contributed by atoms with Crippen LogP contribution in [-0.4, -0.2) is 4.57 Å². The van der Waals surface area contributed by atoms with Crippen molar-refractivity contribution in [2.45, 2.75) is 26.2 Å². The number of nitrogens with zero attached hydrogens (tertiary/aromatic N) is 1. The maximum atomic E-state index is 12.8. The van der Waals surface area contributed by atoms with Gasteiger partial charge in [-0.3, -0.25) is 0 Å². The van der Waals surface area contributed by atoms with Gasteiger partial charge in [-0.1, -0.05) is 20.8 Å². The molecule has 0 saturated heterocycles. The Morgan fingerprint density at radius 2 is 1.82 bits per heavy atom. The lowest BCUT2D eigenvalue weighted by Gasteiger charge is -2.19. The van der Waals surface area contributed by atoms with Gasteiger partial charge < -0.3 is 4.57 Å². The third kappa shape index (κ3) is 1.44. The second kappa shape index (κ2) is 2.36. The number of hydrogen-bond donors (Lipinski definition) is 0. The minimum absolute atomic E-state index is 0.0269. The average molecular weight is 155 g/mol. The Bertz CT molecular complexity index is 255. The maximum Gasteiger partial charge on any atom is 0.193 e. The molecule has 11 heavy (non-hydrogen) atoms. The summed E-state index contributed by atoms with van der Waals surface area (Å²) >= 11 is 0. The molecule has 1 rings (SSSR count). The molecule has 0 saturated carbocycles. The first-order chi connectivity index (χ1) is 4.93. The van der Waals surface area contributed by atoms with E-state index in [0.29, 0.717) is 0 Å². The molecule has 0 N–H and O–H groups in total. The van der Waals surface area contributed by atoms with Crippen molar-refractivity contribution >= 4 is 0 Å². The van der Waals surface area contributed by atoms with Gasteiger partial charge in [0.05, 0.1) is 0 Å². The molecule has 0 bridgehead atoms. The monoisotopic (exact) mass is 155 g/mol. The first kappa shape index (κ1) is 8.31. The molecule has 62 valence electrons. The zero-order chi connectivity index (χ0) is 8.65. The van der Waals surface area contributed by atoms with Crippen LogP contribution in [0.1, 0.15) is 26.5 Å². The normalized spacial score (nSPS) is 12.1. The van der Waals surface area contributed by atoms with E-state index in [1.54, 1.807) is 11.6 Å². The highest BCUT2D eigenvalue weighted by atomic mass is 19.1. The summed E-state index contributed by atoms with van der Waals surface area (Å²) < 4.78 is 14.4. The Hall–Kier alpha value is -0.790. The predicted molar refractivity (Wildman–Crippen MR) is 44.1 cm³/mol. The van der Waals surface area contributed by atoms with Crippen molar-refractivity contribution < 1.29 is 4.39 Å². The first-order valence-corrected chi connectivity index (χ1v) is 3.74. The van der Waals surface area contributed by atoms with E-state index in [-0.39, 0.29) is 11.4 Å². The summed E-state index contributed by atoms with van der Waals surface area (Å²) in [6, 6.07) is 3.33. The number of hydrogen-bond acceptors (Lipinski definition) is 0. The lowest BCUT2D eigenvalue weighted by molar-refractivity contribution is 0.479. The van der Waals surface area contributed by atoms with E-state index in [0.717, 1.165) is 5.69 Å². The van der Waals surface area contributed by atoms with E-state index < -0.39 is 0 Å². The lowest BCUT2D eigenvalue weighted by atomic mass is 9.92. The summed E-state index contributed by atoms with van der Waals surface area (Å²) in [6.45, 7) is 6.21. The third-order valence-electron chi connectivity index (χ3n) is 1.83. The molecule has 0 aliphatic rings. The van der Waals surface area contributed by atoms with Crippen molar-refractivity contribution in [1.29, 1.82) is 0 Å². The molecule has 0 aliphatic carbocycles. The summed E-state index contributed by atoms with van der Waals surface area (Å²) in [5.74, 6) is -0.171. The van der Waals surface area contributed by atoms with Crippen LogP contribution in [0.5, 0.6) is 0 Å². The van der Waals surface area contributed by atoms with Gasteiger partial charge in [0.1, 0.15) is 0 Å². The van der Waals surface area contributed by atoms with Crippen LogP contribution in [0.25, 0.3) is 0 Å². The van der Waals surface area contributed by atoms with Gasteiger partial charge >= 0.3 is 0 Å². The van der Waals surface area contributed by atoms with Gasteiger partial charge in [0.2, 0.25) is 0 Å². The zero-order valence-electron chi connectivity index (χ0n) is 7.48. The standard InChI is InChI=1S/C9H14FN/c1-9(2,3)7-5-6-8(10)11(7)4/h5-6H,1-4H3. The van der Waals surface area contributed by atoms with E-state index in [1.165, 1.54) is 6.07 Å². The average Bonchev–Trinajstić information content (AvgIpc) is 2.11. The number of rotatable bonds is 0. The van der Waals surface area contributed by atoms with Gasteiger partial charge in [-0.2, -0.15) is 4.39 Å². The summed E-state index contributed by atoms with van der Waals surface area (Å²) in [4.78, 5) is 0. The van der Waals surface area contributed by atoms with Crippen LogP contribution in [0, 0.1) is 5.95 Å². The molecule has 1 aromatic heterocycles. The van der Waals surface area contributed by atoms with Gasteiger partial charge in [0.25, 0.3) is 0 Å². The van der Waals surface area contributed by atoms with Crippen LogP contribution >= 0.6 is 0 Å². The van der Waals surface area contributed by atoms with Gasteiger partial charge in [-0.25, -0.2) is 0 Å². The van der Waals surface area contributed by atoms with Crippen molar-refractivity contribution in [1.82, 2.24) is 4.57 Å². The molecule has 2 heteroatoms. The van der Waals surface area contributed by atoms with Crippen LogP contribution in [-0.2, 0) is 12.5 Å². The number of aromatic nitrogens is 1. The molecule has 1 aromatic rings. The fourth-order valence-corrected chi connectivity index (χ4v) is 1.24. The molecule has 1 nitrogen and oxygen atoms in total. The SMILES string of the molecule is Cn1c(F)ccc1C(C)(C)C. The second-order valence-electron chi connectivity index (χ2n) is 3.85. The van der Waals surface area contributed by atoms with Crippen molar-refractivity contribution in [2.75, 3.05) is 0 Å². The minimum Gasteiger partial charge on any atom is -0.325 e. The van der Waals surface area contributed by atoms with Gasteiger partial charge in [-0.15, -0.1) is 0 Å². The molecule has 0 aliphatic heterocycles. The van der Waals surface area contributed by atoms with Crippen molar-refractivity contribution in [2.24, 2.45) is 7.05 Å². The molecule has 0 spiro atoms. The Kier molecular flexibility index (Phi) is 1.78. The summed E-state index contributed by atoms with van der Waals surface area (Å²) in [5, 5.41) is 0. The van der Waals surface area contributed by atoms with Crippen molar-refractivity contribution in [3.63, 3.8) is 0 Å². The Balaban J connectivity index is 3.15. The van der Waals surface area contributed by atoms with E-state index >= 15 is 0 Å². The molecule has 1 heterocycles. The molecule has 0 radical (unpaired) electrons. The van der Waals surface area contributed by atoms with Crippen LogP contribution in [0.15, 0.2) is 12.1 Å². The minimum atomic E-state index is -0.171. The molecule has 0 unspecified atom stereocenters. The highest BCUT2D eigenvalue weighted by Crippen LogP contribution is 2.22.